The van der Waals surface area contributed by atoms with Gasteiger partial charge in [0.1, 0.15) is 5.37 Å². The topological polar surface area (TPSA) is 12.0 Å². The predicted octanol–water partition coefficient (Wildman–Crippen LogP) is 6.06. The van der Waals surface area contributed by atoms with Gasteiger partial charge in [-0.2, -0.15) is 0 Å². The second-order valence-electron chi connectivity index (χ2n) is 4.29. The first-order chi connectivity index (χ1) is 9.16. The monoisotopic (exact) mass is 279 g/mol. The summed E-state index contributed by atoms with van der Waals surface area (Å²) in [6.07, 6.45) is 0. The van der Waals surface area contributed by atoms with Crippen LogP contribution in [0.2, 0.25) is 0 Å². The van der Waals surface area contributed by atoms with Crippen LogP contribution < -0.4 is 5.32 Å². The Hall–Kier alpha value is -0.890. The summed E-state index contributed by atoms with van der Waals surface area (Å²) in [5, 5.41) is 6.05. The van der Waals surface area contributed by atoms with E-state index in [0.717, 1.165) is 0 Å². The van der Waals surface area contributed by atoms with E-state index in [9.17, 15) is 0 Å². The highest BCUT2D eigenvalue weighted by molar-refractivity contribution is 8.02. The van der Waals surface area contributed by atoms with Gasteiger partial charge in [-0.25, -0.2) is 0 Å². The Morgan fingerprint density at radius 1 is 1.11 bits per heavy atom. The summed E-state index contributed by atoms with van der Waals surface area (Å²) in [4.78, 5) is 0. The van der Waals surface area contributed by atoms with Gasteiger partial charge in [-0.3, -0.25) is 0 Å². The molecule has 1 unspecified atom stereocenters. The maximum atomic E-state index is 3.46. The molecule has 1 aliphatic heterocycles. The zero-order valence-electron chi connectivity index (χ0n) is 13.4. The second kappa shape index (κ2) is 9.96. The van der Waals surface area contributed by atoms with Crippen LogP contribution in [0.1, 0.15) is 70.9 Å². The molecule has 0 aromatic heterocycles. The smallest absolute Gasteiger partial charge is 0.102 e. The number of nitrogens with one attached hydrogen (secondary N) is 1. The van der Waals surface area contributed by atoms with Crippen LogP contribution in [0.3, 0.4) is 0 Å². The van der Waals surface area contributed by atoms with Crippen LogP contribution in [-0.4, -0.2) is 0 Å². The number of thioether (sulfide) groups is 1. The van der Waals surface area contributed by atoms with E-state index in [1.165, 1.54) is 16.8 Å². The fourth-order valence-corrected chi connectivity index (χ4v) is 2.65. The highest BCUT2D eigenvalue weighted by Crippen LogP contribution is 2.34. The second-order valence-corrected chi connectivity index (χ2v) is 5.27. The fraction of sp³-hybridized carbons (Fsp3) is 0.529. The molecule has 0 fully saturated rings. The molecule has 2 rings (SSSR count). The van der Waals surface area contributed by atoms with Crippen molar-refractivity contribution in [1.29, 1.82) is 0 Å². The highest BCUT2D eigenvalue weighted by Gasteiger charge is 2.16. The predicted molar refractivity (Wildman–Crippen MR) is 90.5 cm³/mol. The largest absolute Gasteiger partial charge is 0.372 e. The lowest BCUT2D eigenvalue weighted by atomic mass is 10.0. The average Bonchev–Trinajstić information content (AvgIpc) is 2.90. The first kappa shape index (κ1) is 18.1. The van der Waals surface area contributed by atoms with Gasteiger partial charge in [0.05, 0.1) is 0 Å². The molecule has 0 saturated carbocycles. The van der Waals surface area contributed by atoms with Crippen molar-refractivity contribution in [3.8, 4) is 0 Å². The van der Waals surface area contributed by atoms with Crippen LogP contribution in [0.15, 0.2) is 35.4 Å². The lowest BCUT2D eigenvalue weighted by molar-refractivity contribution is 0.801. The third-order valence-electron chi connectivity index (χ3n) is 2.62. The minimum atomic E-state index is 0.406. The molecular weight excluding hydrogens is 250 g/mol. The summed E-state index contributed by atoms with van der Waals surface area (Å²) in [7, 11) is 0. The quantitative estimate of drug-likeness (QED) is 0.706. The average molecular weight is 279 g/mol. The summed E-state index contributed by atoms with van der Waals surface area (Å²) in [5.74, 6) is 0.602. The van der Waals surface area contributed by atoms with E-state index < -0.39 is 0 Å². The molecule has 1 atom stereocenters. The number of hydrogen-bond donors (Lipinski definition) is 1. The molecule has 1 aromatic rings. The van der Waals surface area contributed by atoms with E-state index in [0.29, 0.717) is 11.3 Å². The SMILES string of the molecule is CC.CC.CC1=CSC(c2cccc(C(C)C)c2)N1. The van der Waals surface area contributed by atoms with Crippen molar-refractivity contribution in [2.24, 2.45) is 0 Å². The lowest BCUT2D eigenvalue weighted by Crippen LogP contribution is -2.11. The summed E-state index contributed by atoms with van der Waals surface area (Å²) in [5.41, 5.74) is 4.05. The van der Waals surface area contributed by atoms with Crippen LogP contribution in [0, 0.1) is 0 Å². The normalized spacial score (nSPS) is 16.6. The van der Waals surface area contributed by atoms with Crippen LogP contribution in [0.25, 0.3) is 0 Å². The molecular formula is C17H29NS. The molecule has 0 amide bonds. The third-order valence-corrected chi connectivity index (χ3v) is 3.77. The molecule has 1 nitrogen and oxygen atoms in total. The van der Waals surface area contributed by atoms with Crippen molar-refractivity contribution in [2.75, 3.05) is 0 Å². The van der Waals surface area contributed by atoms with Crippen molar-refractivity contribution >= 4 is 11.8 Å². The summed E-state index contributed by atoms with van der Waals surface area (Å²) < 4.78 is 0. The Bertz CT molecular complexity index is 383. The third kappa shape index (κ3) is 5.73. The molecule has 0 spiro atoms. The van der Waals surface area contributed by atoms with Gasteiger partial charge in [-0.1, -0.05) is 65.8 Å². The molecule has 0 radical (unpaired) electrons. The van der Waals surface area contributed by atoms with Crippen LogP contribution >= 0.6 is 11.8 Å². The van der Waals surface area contributed by atoms with Crippen LogP contribution in [-0.2, 0) is 0 Å². The molecule has 19 heavy (non-hydrogen) atoms. The van der Waals surface area contributed by atoms with Gasteiger partial charge in [0.2, 0.25) is 0 Å². The first-order valence-corrected chi connectivity index (χ1v) is 8.29. The molecule has 1 N–H and O–H groups in total. The lowest BCUT2D eigenvalue weighted by Gasteiger charge is -2.14. The molecule has 1 aliphatic rings. The van der Waals surface area contributed by atoms with E-state index >= 15 is 0 Å². The summed E-state index contributed by atoms with van der Waals surface area (Å²) in [6, 6.07) is 8.86. The van der Waals surface area contributed by atoms with Gasteiger partial charge in [0, 0.05) is 5.70 Å². The summed E-state index contributed by atoms with van der Waals surface area (Å²) >= 11 is 1.85. The Morgan fingerprint density at radius 3 is 2.21 bits per heavy atom. The van der Waals surface area contributed by atoms with Gasteiger partial charge in [0.15, 0.2) is 0 Å². The van der Waals surface area contributed by atoms with Gasteiger partial charge in [0.25, 0.3) is 0 Å². The maximum Gasteiger partial charge on any atom is 0.102 e. The Morgan fingerprint density at radius 2 is 1.74 bits per heavy atom. The van der Waals surface area contributed by atoms with Crippen molar-refractivity contribution < 1.29 is 0 Å². The van der Waals surface area contributed by atoms with Crippen LogP contribution in [0.5, 0.6) is 0 Å². The zero-order valence-corrected chi connectivity index (χ0v) is 14.3. The fourth-order valence-electron chi connectivity index (χ4n) is 1.69. The zero-order chi connectivity index (χ0) is 14.8. The highest BCUT2D eigenvalue weighted by atomic mass is 32.2. The van der Waals surface area contributed by atoms with Gasteiger partial charge >= 0.3 is 0 Å². The minimum absolute atomic E-state index is 0.406. The number of benzene rings is 1. The van der Waals surface area contributed by atoms with E-state index in [1.54, 1.807) is 0 Å². The molecule has 2 heteroatoms. The Kier molecular flexibility index (Phi) is 9.50. The van der Waals surface area contributed by atoms with Gasteiger partial charge in [-0.15, -0.1) is 11.8 Å². The summed E-state index contributed by atoms with van der Waals surface area (Å²) in [6.45, 7) is 14.6. The number of rotatable bonds is 2. The van der Waals surface area contributed by atoms with Gasteiger partial charge < -0.3 is 5.32 Å². The Labute approximate surface area is 123 Å². The van der Waals surface area contributed by atoms with Crippen molar-refractivity contribution in [3.05, 3.63) is 46.5 Å². The van der Waals surface area contributed by atoms with Crippen LogP contribution in [0.4, 0.5) is 0 Å². The van der Waals surface area contributed by atoms with Gasteiger partial charge in [-0.05, 0) is 29.4 Å². The molecule has 1 aromatic carbocycles. The number of allylic oxidation sites excluding steroid dienone is 1. The molecule has 108 valence electrons. The maximum absolute atomic E-state index is 3.46. The Balaban J connectivity index is 0.000000741. The van der Waals surface area contributed by atoms with Crippen molar-refractivity contribution in [2.45, 2.75) is 59.8 Å². The van der Waals surface area contributed by atoms with E-state index in [2.05, 4.69) is 55.8 Å². The van der Waals surface area contributed by atoms with E-state index in [4.69, 9.17) is 0 Å². The molecule has 0 bridgehead atoms. The first-order valence-electron chi connectivity index (χ1n) is 7.35. The van der Waals surface area contributed by atoms with Crippen molar-refractivity contribution in [1.82, 2.24) is 5.32 Å². The molecule has 0 aliphatic carbocycles. The van der Waals surface area contributed by atoms with Crippen molar-refractivity contribution in [3.63, 3.8) is 0 Å². The standard InChI is InChI=1S/C13H17NS.2C2H6/c1-9(2)11-5-4-6-12(7-11)13-14-10(3)8-15-13;2*1-2/h4-9,13-14H,1-3H3;2*1-2H3. The number of hydrogen-bond acceptors (Lipinski definition) is 2. The van der Waals surface area contributed by atoms with E-state index in [-0.39, 0.29) is 0 Å². The van der Waals surface area contributed by atoms with E-state index in [1.807, 2.05) is 39.5 Å². The molecule has 0 saturated heterocycles. The minimum Gasteiger partial charge on any atom is -0.372 e. The molecule has 1 heterocycles.